The molecule has 17 heavy (non-hydrogen) atoms. The number of rotatable bonds is 4. The number of hydrogen-bond donors (Lipinski definition) is 1. The van der Waals surface area contributed by atoms with Crippen LogP contribution >= 0.6 is 0 Å². The molecule has 1 fully saturated rings. The van der Waals surface area contributed by atoms with Gasteiger partial charge in [0.15, 0.2) is 0 Å². The number of likely N-dealkylation sites (tertiary alicyclic amines) is 1. The number of carbonyl (C=O) groups excluding carboxylic acids is 1. The van der Waals surface area contributed by atoms with Gasteiger partial charge in [0, 0.05) is 18.6 Å². The van der Waals surface area contributed by atoms with Gasteiger partial charge < -0.3 is 10.2 Å². The zero-order chi connectivity index (χ0) is 13.1. The summed E-state index contributed by atoms with van der Waals surface area (Å²) in [6.45, 7) is 13.1. The topological polar surface area (TPSA) is 32.3 Å². The van der Waals surface area contributed by atoms with Gasteiger partial charge in [-0.3, -0.25) is 4.79 Å². The van der Waals surface area contributed by atoms with Gasteiger partial charge in [-0.2, -0.15) is 0 Å². The van der Waals surface area contributed by atoms with Gasteiger partial charge in [0.1, 0.15) is 0 Å². The summed E-state index contributed by atoms with van der Waals surface area (Å²) >= 11 is 0. The zero-order valence-electron chi connectivity index (χ0n) is 12.1. The van der Waals surface area contributed by atoms with E-state index in [0.717, 1.165) is 13.1 Å². The van der Waals surface area contributed by atoms with Crippen LogP contribution in [0.25, 0.3) is 0 Å². The molecule has 1 amide bonds. The smallest absolute Gasteiger partial charge is 0.236 e. The molecular weight excluding hydrogens is 212 g/mol. The minimum atomic E-state index is 0.0159. The molecule has 0 spiro atoms. The molecule has 3 nitrogen and oxygen atoms in total. The molecule has 1 aliphatic heterocycles. The summed E-state index contributed by atoms with van der Waals surface area (Å²) in [5.41, 5.74) is 0.402. The first-order chi connectivity index (χ1) is 7.82. The molecule has 0 aromatic carbocycles. The largest absolute Gasteiger partial charge is 0.341 e. The van der Waals surface area contributed by atoms with E-state index in [4.69, 9.17) is 0 Å². The highest BCUT2D eigenvalue weighted by Crippen LogP contribution is 2.36. The molecule has 0 radical (unpaired) electrons. The molecule has 100 valence electrons. The van der Waals surface area contributed by atoms with Gasteiger partial charge in [-0.25, -0.2) is 0 Å². The Bertz CT molecular complexity index is 264. The molecule has 1 aliphatic rings. The molecule has 3 heteroatoms. The number of hydrogen-bond acceptors (Lipinski definition) is 2. The maximum absolute atomic E-state index is 12.1. The highest BCUT2D eigenvalue weighted by atomic mass is 16.2. The molecule has 1 N–H and O–H groups in total. The lowest BCUT2D eigenvalue weighted by atomic mass is 9.82. The SMILES string of the molecule is CCC1(CC)CCN(C(=O)CNC(C)(C)C)C1. The Morgan fingerprint density at radius 2 is 1.88 bits per heavy atom. The van der Waals surface area contributed by atoms with E-state index in [-0.39, 0.29) is 11.4 Å². The second-order valence-electron chi connectivity index (χ2n) is 6.38. The summed E-state index contributed by atoms with van der Waals surface area (Å²) in [6.07, 6.45) is 3.53. The van der Waals surface area contributed by atoms with Gasteiger partial charge in [-0.05, 0) is 45.4 Å². The molecule has 0 aliphatic carbocycles. The minimum absolute atomic E-state index is 0.0159. The highest BCUT2D eigenvalue weighted by Gasteiger charge is 2.36. The molecule has 0 saturated carbocycles. The first-order valence-corrected chi connectivity index (χ1v) is 6.85. The van der Waals surface area contributed by atoms with Crippen molar-refractivity contribution in [2.45, 2.75) is 59.4 Å². The van der Waals surface area contributed by atoms with E-state index in [9.17, 15) is 4.79 Å². The Labute approximate surface area is 106 Å². The molecule has 1 saturated heterocycles. The molecule has 1 rings (SSSR count). The van der Waals surface area contributed by atoms with Crippen molar-refractivity contribution in [2.75, 3.05) is 19.6 Å². The molecule has 0 bridgehead atoms. The summed E-state index contributed by atoms with van der Waals surface area (Å²) in [5.74, 6) is 0.253. The third-order valence-electron chi connectivity index (χ3n) is 4.06. The summed E-state index contributed by atoms with van der Waals surface area (Å²) in [6, 6.07) is 0. The normalized spacial score (nSPS) is 19.7. The number of nitrogens with zero attached hydrogens (tertiary/aromatic N) is 1. The standard InChI is InChI=1S/C14H28N2O/c1-6-14(7-2)8-9-16(11-14)12(17)10-15-13(3,4)5/h15H,6-11H2,1-5H3. The van der Waals surface area contributed by atoms with E-state index in [1.54, 1.807) is 0 Å². The van der Waals surface area contributed by atoms with Crippen molar-refractivity contribution in [3.05, 3.63) is 0 Å². The van der Waals surface area contributed by atoms with Crippen molar-refractivity contribution < 1.29 is 4.79 Å². The lowest BCUT2D eigenvalue weighted by molar-refractivity contribution is -0.129. The molecular formula is C14H28N2O. The second kappa shape index (κ2) is 5.38. The third kappa shape index (κ3) is 3.98. The van der Waals surface area contributed by atoms with E-state index < -0.39 is 0 Å². The first-order valence-electron chi connectivity index (χ1n) is 6.85. The van der Waals surface area contributed by atoms with Crippen LogP contribution in [0.4, 0.5) is 0 Å². The van der Waals surface area contributed by atoms with Gasteiger partial charge in [-0.15, -0.1) is 0 Å². The fourth-order valence-corrected chi connectivity index (χ4v) is 2.43. The predicted molar refractivity (Wildman–Crippen MR) is 72.0 cm³/mol. The van der Waals surface area contributed by atoms with Crippen LogP contribution in [0.1, 0.15) is 53.9 Å². The summed E-state index contributed by atoms with van der Waals surface area (Å²) < 4.78 is 0. The average molecular weight is 240 g/mol. The summed E-state index contributed by atoms with van der Waals surface area (Å²) in [5, 5.41) is 3.27. The van der Waals surface area contributed by atoms with E-state index in [2.05, 4.69) is 39.9 Å². The van der Waals surface area contributed by atoms with Crippen LogP contribution in [-0.4, -0.2) is 36.0 Å². The summed E-state index contributed by atoms with van der Waals surface area (Å²) in [7, 11) is 0. The van der Waals surface area contributed by atoms with Crippen molar-refractivity contribution in [3.63, 3.8) is 0 Å². The van der Waals surface area contributed by atoms with Gasteiger partial charge in [0.2, 0.25) is 5.91 Å². The van der Waals surface area contributed by atoms with Gasteiger partial charge in [-0.1, -0.05) is 13.8 Å². The van der Waals surface area contributed by atoms with Gasteiger partial charge >= 0.3 is 0 Å². The Hall–Kier alpha value is -0.570. The fourth-order valence-electron chi connectivity index (χ4n) is 2.43. The molecule has 0 atom stereocenters. The van der Waals surface area contributed by atoms with Crippen LogP contribution in [-0.2, 0) is 4.79 Å². The first kappa shape index (κ1) is 14.5. The van der Waals surface area contributed by atoms with Gasteiger partial charge in [0.25, 0.3) is 0 Å². The van der Waals surface area contributed by atoms with Crippen molar-refractivity contribution >= 4 is 5.91 Å². The number of nitrogens with one attached hydrogen (secondary N) is 1. The Kier molecular flexibility index (Phi) is 4.59. The van der Waals surface area contributed by atoms with Crippen LogP contribution in [0, 0.1) is 5.41 Å². The van der Waals surface area contributed by atoms with Crippen LogP contribution < -0.4 is 5.32 Å². The van der Waals surface area contributed by atoms with Crippen molar-refractivity contribution in [1.82, 2.24) is 10.2 Å². The molecule has 0 unspecified atom stereocenters. The zero-order valence-corrected chi connectivity index (χ0v) is 12.1. The van der Waals surface area contributed by atoms with Crippen molar-refractivity contribution in [2.24, 2.45) is 5.41 Å². The van der Waals surface area contributed by atoms with Crippen molar-refractivity contribution in [1.29, 1.82) is 0 Å². The van der Waals surface area contributed by atoms with Crippen LogP contribution in [0.3, 0.4) is 0 Å². The molecule has 1 heterocycles. The maximum Gasteiger partial charge on any atom is 0.236 e. The lowest BCUT2D eigenvalue weighted by Crippen LogP contribution is -2.44. The molecule has 0 aromatic heterocycles. The quantitative estimate of drug-likeness (QED) is 0.818. The predicted octanol–water partition coefficient (Wildman–Crippen LogP) is 2.41. The third-order valence-corrected chi connectivity index (χ3v) is 4.06. The Morgan fingerprint density at radius 1 is 1.29 bits per heavy atom. The van der Waals surface area contributed by atoms with E-state index in [1.165, 1.54) is 19.3 Å². The van der Waals surface area contributed by atoms with E-state index in [0.29, 0.717) is 12.0 Å². The average Bonchev–Trinajstić information content (AvgIpc) is 2.70. The van der Waals surface area contributed by atoms with Crippen LogP contribution in [0.5, 0.6) is 0 Å². The Balaban J connectivity index is 2.46. The Morgan fingerprint density at radius 3 is 2.29 bits per heavy atom. The van der Waals surface area contributed by atoms with Crippen LogP contribution in [0.15, 0.2) is 0 Å². The van der Waals surface area contributed by atoms with Crippen LogP contribution in [0.2, 0.25) is 0 Å². The monoisotopic (exact) mass is 240 g/mol. The lowest BCUT2D eigenvalue weighted by Gasteiger charge is -2.27. The summed E-state index contributed by atoms with van der Waals surface area (Å²) in [4.78, 5) is 14.1. The fraction of sp³-hybridized carbons (Fsp3) is 0.929. The molecule has 0 aromatic rings. The number of carbonyl (C=O) groups is 1. The van der Waals surface area contributed by atoms with E-state index >= 15 is 0 Å². The van der Waals surface area contributed by atoms with Crippen molar-refractivity contribution in [3.8, 4) is 0 Å². The maximum atomic E-state index is 12.1. The van der Waals surface area contributed by atoms with E-state index in [1.807, 2.05) is 4.90 Å². The number of amides is 1. The second-order valence-corrected chi connectivity index (χ2v) is 6.38. The van der Waals surface area contributed by atoms with Gasteiger partial charge in [0.05, 0.1) is 6.54 Å². The highest BCUT2D eigenvalue weighted by molar-refractivity contribution is 5.78. The minimum Gasteiger partial charge on any atom is -0.341 e.